The molecule has 0 amide bonds. The highest BCUT2D eigenvalue weighted by atomic mass is 79.9. The Bertz CT molecular complexity index is 1120. The smallest absolute Gasteiger partial charge is 0.346 e. The molecule has 132 valence electrons. The molecular formula is C22H12Br2O3. The van der Waals surface area contributed by atoms with E-state index < -0.39 is 11.9 Å². The van der Waals surface area contributed by atoms with Crippen molar-refractivity contribution in [2.75, 3.05) is 0 Å². The minimum absolute atomic E-state index is 0.351. The van der Waals surface area contributed by atoms with Crippen molar-refractivity contribution in [3.8, 4) is 0 Å². The van der Waals surface area contributed by atoms with E-state index in [-0.39, 0.29) is 0 Å². The maximum absolute atomic E-state index is 12.7. The zero-order valence-corrected chi connectivity index (χ0v) is 17.1. The van der Waals surface area contributed by atoms with Crippen LogP contribution in [0, 0.1) is 0 Å². The second kappa shape index (κ2) is 7.25. The molecule has 0 aromatic heterocycles. The van der Waals surface area contributed by atoms with Gasteiger partial charge in [-0.25, -0.2) is 9.59 Å². The maximum Gasteiger partial charge on any atom is 0.346 e. The monoisotopic (exact) mass is 482 g/mol. The van der Waals surface area contributed by atoms with Crippen LogP contribution < -0.4 is 0 Å². The summed E-state index contributed by atoms with van der Waals surface area (Å²) in [6.45, 7) is 0. The van der Waals surface area contributed by atoms with Gasteiger partial charge in [-0.3, -0.25) is 0 Å². The average molecular weight is 484 g/mol. The van der Waals surface area contributed by atoms with Crippen molar-refractivity contribution in [1.82, 2.24) is 0 Å². The van der Waals surface area contributed by atoms with Gasteiger partial charge >= 0.3 is 11.9 Å². The fourth-order valence-corrected chi connectivity index (χ4v) is 4.03. The molecule has 0 bridgehead atoms. The molecule has 0 spiro atoms. The number of halogens is 2. The van der Waals surface area contributed by atoms with E-state index in [2.05, 4.69) is 31.9 Å². The van der Waals surface area contributed by atoms with E-state index in [0.717, 1.165) is 30.5 Å². The summed E-state index contributed by atoms with van der Waals surface area (Å²) in [7, 11) is 0. The fraction of sp³-hybridized carbons (Fsp3) is 0. The number of hydrogen-bond acceptors (Lipinski definition) is 3. The Labute approximate surface area is 172 Å². The molecule has 4 aromatic carbocycles. The molecule has 0 heterocycles. The number of ether oxygens (including phenoxy) is 1. The first-order valence-electron chi connectivity index (χ1n) is 8.17. The van der Waals surface area contributed by atoms with Gasteiger partial charge in [0.2, 0.25) is 0 Å². The van der Waals surface area contributed by atoms with Gasteiger partial charge in [0, 0.05) is 8.95 Å². The molecule has 4 aromatic rings. The first-order chi connectivity index (χ1) is 13.1. The predicted molar refractivity (Wildman–Crippen MR) is 113 cm³/mol. The van der Waals surface area contributed by atoms with Crippen molar-refractivity contribution in [1.29, 1.82) is 0 Å². The average Bonchev–Trinajstić information content (AvgIpc) is 2.69. The van der Waals surface area contributed by atoms with Crippen molar-refractivity contribution in [3.63, 3.8) is 0 Å². The Morgan fingerprint density at radius 1 is 0.556 bits per heavy atom. The lowest BCUT2D eigenvalue weighted by Crippen LogP contribution is -2.13. The number of rotatable bonds is 2. The number of esters is 2. The number of carbonyl (C=O) groups is 2. The molecule has 0 fully saturated rings. The first-order valence-corrected chi connectivity index (χ1v) is 9.76. The van der Waals surface area contributed by atoms with Crippen molar-refractivity contribution < 1.29 is 14.3 Å². The Hall–Kier alpha value is -2.50. The second-order valence-corrected chi connectivity index (χ2v) is 7.67. The van der Waals surface area contributed by atoms with Crippen LogP contribution in [0.15, 0.2) is 81.7 Å². The number of benzene rings is 4. The van der Waals surface area contributed by atoms with E-state index >= 15 is 0 Å². The molecule has 0 atom stereocenters. The highest BCUT2D eigenvalue weighted by molar-refractivity contribution is 9.11. The van der Waals surface area contributed by atoms with E-state index in [0.29, 0.717) is 11.1 Å². The van der Waals surface area contributed by atoms with Crippen LogP contribution in [0.3, 0.4) is 0 Å². The van der Waals surface area contributed by atoms with Crippen molar-refractivity contribution >= 4 is 65.3 Å². The minimum Gasteiger partial charge on any atom is -0.386 e. The van der Waals surface area contributed by atoms with E-state index in [1.165, 1.54) is 0 Å². The molecule has 0 radical (unpaired) electrons. The molecule has 27 heavy (non-hydrogen) atoms. The van der Waals surface area contributed by atoms with E-state index in [1.54, 1.807) is 24.3 Å². The zero-order valence-electron chi connectivity index (χ0n) is 13.9. The predicted octanol–water partition coefficient (Wildman–Crippen LogP) is 6.52. The van der Waals surface area contributed by atoms with E-state index in [9.17, 15) is 9.59 Å². The van der Waals surface area contributed by atoms with Crippen LogP contribution in [-0.4, -0.2) is 11.9 Å². The Morgan fingerprint density at radius 2 is 0.926 bits per heavy atom. The number of hydrogen-bond donors (Lipinski definition) is 0. The Morgan fingerprint density at radius 3 is 1.33 bits per heavy atom. The van der Waals surface area contributed by atoms with Crippen LogP contribution >= 0.6 is 31.9 Å². The third kappa shape index (κ3) is 3.29. The van der Waals surface area contributed by atoms with Crippen LogP contribution in [0.25, 0.3) is 21.5 Å². The molecule has 0 aliphatic heterocycles. The maximum atomic E-state index is 12.7. The van der Waals surface area contributed by atoms with Gasteiger partial charge in [0.05, 0.1) is 11.1 Å². The third-order valence-electron chi connectivity index (χ3n) is 4.37. The molecule has 0 saturated carbocycles. The summed E-state index contributed by atoms with van der Waals surface area (Å²) in [5, 5.41) is 3.22. The topological polar surface area (TPSA) is 43.4 Å². The van der Waals surface area contributed by atoms with Crippen LogP contribution in [0.4, 0.5) is 0 Å². The standard InChI is InChI=1S/C22H12Br2O3/c23-19-11-9-17(13-5-1-3-7-15(13)19)21(25)27-22(26)18-10-12-20(24)16-8-4-2-6-14(16)18/h1-12H. The number of carbonyl (C=O) groups excluding carboxylic acids is 2. The normalized spacial score (nSPS) is 10.9. The minimum atomic E-state index is -0.671. The SMILES string of the molecule is O=C(OC(=O)c1ccc(Br)c2ccccc12)c1ccc(Br)c2ccccc12. The summed E-state index contributed by atoms with van der Waals surface area (Å²) >= 11 is 6.96. The summed E-state index contributed by atoms with van der Waals surface area (Å²) in [6, 6.07) is 21.8. The molecule has 0 unspecified atom stereocenters. The van der Waals surface area contributed by atoms with Gasteiger partial charge in [-0.15, -0.1) is 0 Å². The quantitative estimate of drug-likeness (QED) is 0.241. The molecule has 0 aliphatic rings. The Kier molecular flexibility index (Phi) is 4.81. The molecule has 3 nitrogen and oxygen atoms in total. The van der Waals surface area contributed by atoms with Crippen LogP contribution in [0.2, 0.25) is 0 Å². The zero-order chi connectivity index (χ0) is 19.0. The lowest BCUT2D eigenvalue weighted by molar-refractivity contribution is 0.0400. The molecular weight excluding hydrogens is 472 g/mol. The van der Waals surface area contributed by atoms with Gasteiger partial charge in [-0.2, -0.15) is 0 Å². The molecule has 0 saturated heterocycles. The van der Waals surface area contributed by atoms with Gasteiger partial charge in [0.15, 0.2) is 0 Å². The summed E-state index contributed by atoms with van der Waals surface area (Å²) in [5.41, 5.74) is 0.701. The van der Waals surface area contributed by atoms with Crippen LogP contribution in [0.5, 0.6) is 0 Å². The summed E-state index contributed by atoms with van der Waals surface area (Å²) in [5.74, 6) is -1.34. The van der Waals surface area contributed by atoms with Gasteiger partial charge < -0.3 is 4.74 Å². The van der Waals surface area contributed by atoms with Crippen LogP contribution in [-0.2, 0) is 4.74 Å². The van der Waals surface area contributed by atoms with Crippen molar-refractivity contribution in [3.05, 3.63) is 92.9 Å². The summed E-state index contributed by atoms with van der Waals surface area (Å²) < 4.78 is 6.96. The molecule has 0 aliphatic carbocycles. The van der Waals surface area contributed by atoms with Crippen molar-refractivity contribution in [2.24, 2.45) is 0 Å². The highest BCUT2D eigenvalue weighted by Gasteiger charge is 2.20. The van der Waals surface area contributed by atoms with Crippen LogP contribution in [0.1, 0.15) is 20.7 Å². The van der Waals surface area contributed by atoms with E-state index in [4.69, 9.17) is 4.74 Å². The lowest BCUT2D eigenvalue weighted by Gasteiger charge is -2.10. The number of fused-ring (bicyclic) bond motifs is 2. The van der Waals surface area contributed by atoms with Gasteiger partial charge in [0.25, 0.3) is 0 Å². The molecule has 5 heteroatoms. The van der Waals surface area contributed by atoms with Gasteiger partial charge in [-0.1, -0.05) is 80.4 Å². The second-order valence-electron chi connectivity index (χ2n) is 5.96. The van der Waals surface area contributed by atoms with Gasteiger partial charge in [0.1, 0.15) is 0 Å². The third-order valence-corrected chi connectivity index (χ3v) is 5.75. The van der Waals surface area contributed by atoms with E-state index in [1.807, 2.05) is 48.5 Å². The summed E-state index contributed by atoms with van der Waals surface area (Å²) in [4.78, 5) is 25.4. The summed E-state index contributed by atoms with van der Waals surface area (Å²) in [6.07, 6.45) is 0. The largest absolute Gasteiger partial charge is 0.386 e. The lowest BCUT2D eigenvalue weighted by atomic mass is 10.0. The first kappa shape index (κ1) is 17.9. The molecule has 0 N–H and O–H groups in total. The van der Waals surface area contributed by atoms with Gasteiger partial charge in [-0.05, 0) is 45.8 Å². The fourth-order valence-electron chi connectivity index (χ4n) is 3.07. The Balaban J connectivity index is 1.72. The molecule has 4 rings (SSSR count). The highest BCUT2D eigenvalue weighted by Crippen LogP contribution is 2.29. The van der Waals surface area contributed by atoms with Crippen molar-refractivity contribution in [2.45, 2.75) is 0 Å².